The average Bonchev–Trinajstić information content (AvgIpc) is 2.53. The lowest BCUT2D eigenvalue weighted by atomic mass is 10.2. The van der Waals surface area contributed by atoms with Crippen molar-refractivity contribution in [3.63, 3.8) is 0 Å². The van der Waals surface area contributed by atoms with Gasteiger partial charge in [0.2, 0.25) is 0 Å². The Morgan fingerprint density at radius 1 is 1.29 bits per heavy atom. The van der Waals surface area contributed by atoms with Gasteiger partial charge in [-0.05, 0) is 30.7 Å². The van der Waals surface area contributed by atoms with Crippen LogP contribution in [0.2, 0.25) is 0 Å². The molecule has 1 aliphatic heterocycles. The van der Waals surface area contributed by atoms with E-state index in [-0.39, 0.29) is 18.5 Å². The number of nitrogens with two attached hydrogens (primary N) is 1. The van der Waals surface area contributed by atoms with E-state index >= 15 is 0 Å². The third-order valence-corrected chi connectivity index (χ3v) is 2.42. The largest absolute Gasteiger partial charge is 0.399 e. The highest BCUT2D eigenvalue weighted by Crippen LogP contribution is 2.21. The van der Waals surface area contributed by atoms with Crippen LogP contribution in [0.15, 0.2) is 24.3 Å². The average molecular weight is 215 g/mol. The lowest BCUT2D eigenvalue weighted by molar-refractivity contribution is 0.198. The number of nitrogen functional groups attached to an aromatic ring is 1. The molecule has 0 spiro atoms. The van der Waals surface area contributed by atoms with Crippen LogP contribution in [0.1, 0.15) is 6.42 Å². The number of hydrogen-bond donors (Lipinski definition) is 2. The van der Waals surface area contributed by atoms with Gasteiger partial charge in [0.1, 0.15) is 0 Å². The minimum absolute atomic E-state index is 0. The monoisotopic (exact) mass is 214 g/mol. The Labute approximate surface area is 89.9 Å². The Kier molecular flexibility index (Phi) is 3.61. The molecular weight excluding hydrogens is 200 g/mol. The summed E-state index contributed by atoms with van der Waals surface area (Å²) in [6.07, 6.45) is 0.697. The number of hydrogen-bond acceptors (Lipinski definition) is 3. The number of β-amino-alcohol motifs (C(OH)–C–C–N with tert-alkyl or cyclic N) is 1. The van der Waals surface area contributed by atoms with Crippen LogP contribution < -0.4 is 10.6 Å². The van der Waals surface area contributed by atoms with Crippen LogP contribution in [0.25, 0.3) is 0 Å². The summed E-state index contributed by atoms with van der Waals surface area (Å²) in [4.78, 5) is 2.17. The van der Waals surface area contributed by atoms with Crippen molar-refractivity contribution >= 4 is 23.8 Å². The van der Waals surface area contributed by atoms with Crippen molar-refractivity contribution in [3.05, 3.63) is 24.3 Å². The minimum Gasteiger partial charge on any atom is -0.399 e. The van der Waals surface area contributed by atoms with Gasteiger partial charge in [-0.25, -0.2) is 0 Å². The van der Waals surface area contributed by atoms with Crippen molar-refractivity contribution in [1.29, 1.82) is 0 Å². The zero-order valence-corrected chi connectivity index (χ0v) is 8.70. The van der Waals surface area contributed by atoms with Crippen molar-refractivity contribution in [2.45, 2.75) is 12.5 Å². The van der Waals surface area contributed by atoms with Crippen LogP contribution in [-0.4, -0.2) is 24.3 Å². The van der Waals surface area contributed by atoms with E-state index in [1.807, 2.05) is 24.3 Å². The zero-order valence-electron chi connectivity index (χ0n) is 7.89. The Balaban J connectivity index is 0.000000980. The van der Waals surface area contributed by atoms with Gasteiger partial charge in [0, 0.05) is 24.5 Å². The van der Waals surface area contributed by atoms with Gasteiger partial charge in [0.15, 0.2) is 0 Å². The van der Waals surface area contributed by atoms with Gasteiger partial charge in [0.05, 0.1) is 6.10 Å². The van der Waals surface area contributed by atoms with E-state index in [0.717, 1.165) is 30.9 Å². The molecule has 0 amide bonds. The molecule has 78 valence electrons. The highest BCUT2D eigenvalue weighted by atomic mass is 35.5. The third kappa shape index (κ3) is 2.30. The third-order valence-electron chi connectivity index (χ3n) is 2.42. The van der Waals surface area contributed by atoms with Crippen LogP contribution in [0, 0.1) is 0 Å². The normalized spacial score (nSPS) is 20.6. The van der Waals surface area contributed by atoms with Gasteiger partial charge in [-0.3, -0.25) is 0 Å². The molecule has 1 saturated heterocycles. The molecule has 0 saturated carbocycles. The molecule has 1 atom stereocenters. The number of aliphatic hydroxyl groups is 1. The maximum atomic E-state index is 9.35. The first-order chi connectivity index (χ1) is 6.25. The number of aliphatic hydroxyl groups excluding tert-OH is 1. The fraction of sp³-hybridized carbons (Fsp3) is 0.400. The van der Waals surface area contributed by atoms with Crippen molar-refractivity contribution in [3.8, 4) is 0 Å². The molecule has 4 heteroatoms. The van der Waals surface area contributed by atoms with E-state index in [2.05, 4.69) is 4.90 Å². The Bertz CT molecular complexity index is 289. The molecule has 2 rings (SSSR count). The number of rotatable bonds is 1. The molecule has 1 aromatic rings. The van der Waals surface area contributed by atoms with E-state index in [1.54, 1.807) is 0 Å². The van der Waals surface area contributed by atoms with Gasteiger partial charge in [-0.15, -0.1) is 12.4 Å². The summed E-state index contributed by atoms with van der Waals surface area (Å²) in [5, 5.41) is 9.35. The van der Waals surface area contributed by atoms with E-state index in [4.69, 9.17) is 5.73 Å². The fourth-order valence-corrected chi connectivity index (χ4v) is 1.66. The van der Waals surface area contributed by atoms with Crippen LogP contribution in [0.5, 0.6) is 0 Å². The van der Waals surface area contributed by atoms with Crippen LogP contribution in [-0.2, 0) is 0 Å². The first kappa shape index (κ1) is 11.1. The van der Waals surface area contributed by atoms with Gasteiger partial charge >= 0.3 is 0 Å². The summed E-state index contributed by atoms with van der Waals surface area (Å²) < 4.78 is 0. The second-order valence-corrected chi connectivity index (χ2v) is 3.48. The number of halogens is 1. The molecular formula is C10H15ClN2O. The number of nitrogens with zero attached hydrogens (tertiary/aromatic N) is 1. The van der Waals surface area contributed by atoms with E-state index < -0.39 is 0 Å². The van der Waals surface area contributed by atoms with Gasteiger partial charge < -0.3 is 15.7 Å². The second kappa shape index (κ2) is 4.53. The predicted molar refractivity (Wildman–Crippen MR) is 60.9 cm³/mol. The maximum Gasteiger partial charge on any atom is 0.0731 e. The summed E-state index contributed by atoms with van der Waals surface area (Å²) in [6, 6.07) is 7.76. The quantitative estimate of drug-likeness (QED) is 0.693. The molecule has 0 radical (unpaired) electrons. The fourth-order valence-electron chi connectivity index (χ4n) is 1.66. The van der Waals surface area contributed by atoms with E-state index in [0.29, 0.717) is 0 Å². The molecule has 1 fully saturated rings. The summed E-state index contributed by atoms with van der Waals surface area (Å²) in [7, 11) is 0. The second-order valence-electron chi connectivity index (χ2n) is 3.48. The highest BCUT2D eigenvalue weighted by Gasteiger charge is 2.19. The van der Waals surface area contributed by atoms with Crippen LogP contribution in [0.3, 0.4) is 0 Å². The molecule has 14 heavy (non-hydrogen) atoms. The molecule has 3 N–H and O–H groups in total. The van der Waals surface area contributed by atoms with Gasteiger partial charge in [-0.2, -0.15) is 0 Å². The molecule has 0 bridgehead atoms. The molecule has 0 aliphatic carbocycles. The Morgan fingerprint density at radius 2 is 1.93 bits per heavy atom. The lowest BCUT2D eigenvalue weighted by Crippen LogP contribution is -2.20. The van der Waals surface area contributed by atoms with Gasteiger partial charge in [0.25, 0.3) is 0 Å². The SMILES string of the molecule is Cl.Nc1ccc(N2CCC(O)C2)cc1. The van der Waals surface area contributed by atoms with Crippen molar-refractivity contribution in [2.75, 3.05) is 23.7 Å². The Hall–Kier alpha value is -0.930. The first-order valence-corrected chi connectivity index (χ1v) is 4.54. The molecule has 1 heterocycles. The molecule has 1 unspecified atom stereocenters. The standard InChI is InChI=1S/C10H14N2O.ClH/c11-8-1-3-9(4-2-8)12-6-5-10(13)7-12;/h1-4,10,13H,5-7,11H2;1H. The number of anilines is 2. The topological polar surface area (TPSA) is 49.5 Å². The zero-order chi connectivity index (χ0) is 9.26. The Morgan fingerprint density at radius 3 is 2.43 bits per heavy atom. The lowest BCUT2D eigenvalue weighted by Gasteiger charge is -2.17. The van der Waals surface area contributed by atoms with Crippen LogP contribution >= 0.6 is 12.4 Å². The highest BCUT2D eigenvalue weighted by molar-refractivity contribution is 5.85. The van der Waals surface area contributed by atoms with Crippen molar-refractivity contribution in [1.82, 2.24) is 0 Å². The summed E-state index contributed by atoms with van der Waals surface area (Å²) in [6.45, 7) is 1.68. The van der Waals surface area contributed by atoms with Crippen LogP contribution in [0.4, 0.5) is 11.4 Å². The molecule has 1 aromatic carbocycles. The summed E-state index contributed by atoms with van der Waals surface area (Å²) in [5.74, 6) is 0. The summed E-state index contributed by atoms with van der Waals surface area (Å²) >= 11 is 0. The van der Waals surface area contributed by atoms with Crippen molar-refractivity contribution in [2.24, 2.45) is 0 Å². The minimum atomic E-state index is -0.169. The first-order valence-electron chi connectivity index (χ1n) is 4.54. The van der Waals surface area contributed by atoms with Gasteiger partial charge in [-0.1, -0.05) is 0 Å². The number of benzene rings is 1. The van der Waals surface area contributed by atoms with E-state index in [9.17, 15) is 5.11 Å². The molecule has 0 aromatic heterocycles. The maximum absolute atomic E-state index is 9.35. The smallest absolute Gasteiger partial charge is 0.0731 e. The molecule has 3 nitrogen and oxygen atoms in total. The van der Waals surface area contributed by atoms with Crippen molar-refractivity contribution < 1.29 is 5.11 Å². The predicted octanol–water partition coefficient (Wildman–Crippen LogP) is 1.26. The molecule has 1 aliphatic rings. The summed E-state index contributed by atoms with van der Waals surface area (Å²) in [5.41, 5.74) is 7.51. The van der Waals surface area contributed by atoms with E-state index in [1.165, 1.54) is 0 Å².